The molecule has 22 heavy (non-hydrogen) atoms. The van der Waals surface area contributed by atoms with Crippen LogP contribution in [0.25, 0.3) is 27.0 Å². The number of para-hydroxylation sites is 1. The minimum absolute atomic E-state index is 0.119. The summed E-state index contributed by atoms with van der Waals surface area (Å²) in [6.07, 6.45) is 0. The maximum Gasteiger partial charge on any atom is 0.258 e. The molecule has 108 valence electrons. The third-order valence-electron chi connectivity index (χ3n) is 3.52. The van der Waals surface area contributed by atoms with E-state index in [1.165, 1.54) is 11.3 Å². The molecule has 2 heterocycles. The number of halogens is 1. The van der Waals surface area contributed by atoms with Gasteiger partial charge in [0.1, 0.15) is 5.65 Å². The number of fused-ring (bicyclic) bond motifs is 3. The van der Waals surface area contributed by atoms with E-state index < -0.39 is 0 Å². The van der Waals surface area contributed by atoms with Gasteiger partial charge in [-0.1, -0.05) is 35.9 Å². The van der Waals surface area contributed by atoms with Crippen LogP contribution < -0.4 is 5.56 Å². The Hall–Kier alpha value is -1.95. The van der Waals surface area contributed by atoms with Crippen LogP contribution >= 0.6 is 35.2 Å². The Morgan fingerprint density at radius 2 is 1.95 bits per heavy atom. The molecule has 0 atom stereocenters. The number of aromatic nitrogens is 2. The first kappa shape index (κ1) is 13.7. The minimum atomic E-state index is -0.119. The molecule has 2 aromatic heterocycles. The predicted octanol–water partition coefficient (Wildman–Crippen LogP) is 4.89. The van der Waals surface area contributed by atoms with Crippen molar-refractivity contribution in [2.45, 2.75) is 0 Å². The first-order chi connectivity index (χ1) is 10.6. The fourth-order valence-corrected chi connectivity index (χ4v) is 4.14. The molecule has 0 spiro atoms. The highest BCUT2D eigenvalue weighted by Crippen LogP contribution is 2.32. The molecule has 0 unspecified atom stereocenters. The summed E-state index contributed by atoms with van der Waals surface area (Å²) >= 11 is 13.0. The first-order valence-corrected chi connectivity index (χ1v) is 8.18. The second-order valence-corrected chi connectivity index (χ2v) is 6.94. The van der Waals surface area contributed by atoms with Gasteiger partial charge in [0.15, 0.2) is 3.95 Å². The highest BCUT2D eigenvalue weighted by molar-refractivity contribution is 7.73. The van der Waals surface area contributed by atoms with Gasteiger partial charge in [-0.15, -0.1) is 11.3 Å². The molecule has 3 nitrogen and oxygen atoms in total. The van der Waals surface area contributed by atoms with Crippen molar-refractivity contribution in [3.63, 3.8) is 0 Å². The number of rotatable bonds is 1. The van der Waals surface area contributed by atoms with Gasteiger partial charge in [-0.05, 0) is 42.0 Å². The number of nitrogens with one attached hydrogen (secondary N) is 1. The Morgan fingerprint density at radius 1 is 1.14 bits per heavy atom. The standard InChI is InChI=1S/C16H9ClN2OS2/c17-10-5-3-4-9(8-10)13-14-18-15(20)11-6-1-2-7-12(11)19(14)16(21)22-13/h1-8H,(H,18,20). The third kappa shape index (κ3) is 2.01. The lowest BCUT2D eigenvalue weighted by Crippen LogP contribution is -2.09. The number of nitrogens with zero attached hydrogens (tertiary/aromatic N) is 1. The van der Waals surface area contributed by atoms with Gasteiger partial charge in [-0.25, -0.2) is 0 Å². The number of hydrogen-bond donors (Lipinski definition) is 1. The normalized spacial score (nSPS) is 11.3. The Kier molecular flexibility index (Phi) is 3.14. The van der Waals surface area contributed by atoms with Gasteiger partial charge in [0.2, 0.25) is 0 Å². The molecule has 6 heteroatoms. The van der Waals surface area contributed by atoms with Crippen molar-refractivity contribution in [3.8, 4) is 10.4 Å². The molecule has 0 saturated carbocycles. The van der Waals surface area contributed by atoms with E-state index in [0.29, 0.717) is 20.0 Å². The van der Waals surface area contributed by atoms with Crippen molar-refractivity contribution in [3.05, 3.63) is 67.9 Å². The Bertz CT molecular complexity index is 1140. The SMILES string of the molecule is O=c1[nH]c2c(-c3cccc(Cl)c3)sc(=S)n2c2ccccc12. The van der Waals surface area contributed by atoms with E-state index in [1.807, 2.05) is 46.9 Å². The summed E-state index contributed by atoms with van der Waals surface area (Å²) in [7, 11) is 0. The lowest BCUT2D eigenvalue weighted by molar-refractivity contribution is 1.16. The molecular weight excluding hydrogens is 336 g/mol. The van der Waals surface area contributed by atoms with Crippen molar-refractivity contribution >= 4 is 51.7 Å². The zero-order valence-corrected chi connectivity index (χ0v) is 13.6. The average Bonchev–Trinajstić information content (AvgIpc) is 2.84. The topological polar surface area (TPSA) is 37.3 Å². The maximum atomic E-state index is 12.3. The largest absolute Gasteiger partial charge is 0.306 e. The summed E-state index contributed by atoms with van der Waals surface area (Å²) in [6.45, 7) is 0. The van der Waals surface area contributed by atoms with Gasteiger partial charge in [-0.3, -0.25) is 9.20 Å². The molecule has 1 N–H and O–H groups in total. The van der Waals surface area contributed by atoms with Crippen molar-refractivity contribution in [2.24, 2.45) is 0 Å². The Balaban J connectivity index is 2.20. The molecule has 0 fully saturated rings. The zero-order chi connectivity index (χ0) is 15.3. The molecule has 0 aliphatic rings. The van der Waals surface area contributed by atoms with Gasteiger partial charge in [0.05, 0.1) is 15.8 Å². The van der Waals surface area contributed by atoms with E-state index >= 15 is 0 Å². The van der Waals surface area contributed by atoms with Gasteiger partial charge in [0, 0.05) is 5.02 Å². The van der Waals surface area contributed by atoms with Crippen LogP contribution in [0.3, 0.4) is 0 Å². The van der Waals surface area contributed by atoms with Crippen LogP contribution in [-0.4, -0.2) is 9.38 Å². The molecule has 0 aliphatic heterocycles. The van der Waals surface area contributed by atoms with E-state index in [-0.39, 0.29) is 5.56 Å². The lowest BCUT2D eigenvalue weighted by Gasteiger charge is -2.03. The average molecular weight is 345 g/mol. The summed E-state index contributed by atoms with van der Waals surface area (Å²) in [5.41, 5.74) is 2.35. The summed E-state index contributed by atoms with van der Waals surface area (Å²) in [4.78, 5) is 16.2. The molecule has 4 aromatic rings. The van der Waals surface area contributed by atoms with Crippen LogP contribution in [0, 0.1) is 3.95 Å². The van der Waals surface area contributed by atoms with E-state index in [2.05, 4.69) is 4.98 Å². The van der Waals surface area contributed by atoms with Crippen LogP contribution in [0.4, 0.5) is 0 Å². The van der Waals surface area contributed by atoms with E-state index in [9.17, 15) is 4.79 Å². The highest BCUT2D eigenvalue weighted by atomic mass is 35.5. The maximum absolute atomic E-state index is 12.3. The van der Waals surface area contributed by atoms with Crippen molar-refractivity contribution < 1.29 is 0 Å². The van der Waals surface area contributed by atoms with E-state index in [1.54, 1.807) is 6.07 Å². The number of aromatic amines is 1. The quantitative estimate of drug-likeness (QED) is 0.499. The van der Waals surface area contributed by atoms with Crippen LogP contribution in [0.15, 0.2) is 53.3 Å². The van der Waals surface area contributed by atoms with Crippen LogP contribution in [0.5, 0.6) is 0 Å². The second kappa shape index (κ2) is 5.05. The zero-order valence-electron chi connectivity index (χ0n) is 11.2. The van der Waals surface area contributed by atoms with Crippen LogP contribution in [0.2, 0.25) is 5.02 Å². The van der Waals surface area contributed by atoms with Crippen molar-refractivity contribution in [2.75, 3.05) is 0 Å². The molecule has 0 aliphatic carbocycles. The fraction of sp³-hybridized carbons (Fsp3) is 0. The number of thiazole rings is 1. The minimum Gasteiger partial charge on any atom is -0.306 e. The predicted molar refractivity (Wildman–Crippen MR) is 94.7 cm³/mol. The number of H-pyrrole nitrogens is 1. The first-order valence-electron chi connectivity index (χ1n) is 6.58. The summed E-state index contributed by atoms with van der Waals surface area (Å²) in [6, 6.07) is 15.0. The molecular formula is C16H9ClN2OS2. The fourth-order valence-electron chi connectivity index (χ4n) is 2.57. The molecule has 2 aromatic carbocycles. The Labute approximate surface area is 139 Å². The number of benzene rings is 2. The van der Waals surface area contributed by atoms with Gasteiger partial charge < -0.3 is 4.98 Å². The molecule has 0 bridgehead atoms. The molecule has 0 radical (unpaired) electrons. The molecule has 0 amide bonds. The Morgan fingerprint density at radius 3 is 2.77 bits per heavy atom. The summed E-state index contributed by atoms with van der Waals surface area (Å²) < 4.78 is 2.60. The van der Waals surface area contributed by atoms with Crippen molar-refractivity contribution in [1.29, 1.82) is 0 Å². The lowest BCUT2D eigenvalue weighted by atomic mass is 10.2. The summed E-state index contributed by atoms with van der Waals surface area (Å²) in [5, 5.41) is 1.28. The number of hydrogen-bond acceptors (Lipinski definition) is 3. The van der Waals surface area contributed by atoms with Crippen molar-refractivity contribution in [1.82, 2.24) is 9.38 Å². The van der Waals surface area contributed by atoms with Crippen LogP contribution in [0.1, 0.15) is 0 Å². The highest BCUT2D eigenvalue weighted by Gasteiger charge is 2.13. The van der Waals surface area contributed by atoms with E-state index in [0.717, 1.165) is 16.0 Å². The third-order valence-corrected chi connectivity index (χ3v) is 5.18. The second-order valence-electron chi connectivity index (χ2n) is 4.86. The van der Waals surface area contributed by atoms with E-state index in [4.69, 9.17) is 23.8 Å². The monoisotopic (exact) mass is 344 g/mol. The smallest absolute Gasteiger partial charge is 0.258 e. The molecule has 0 saturated heterocycles. The van der Waals surface area contributed by atoms with Gasteiger partial charge in [0.25, 0.3) is 5.56 Å². The summed E-state index contributed by atoms with van der Waals surface area (Å²) in [5.74, 6) is 0. The van der Waals surface area contributed by atoms with Crippen LogP contribution in [-0.2, 0) is 0 Å². The molecule has 4 rings (SSSR count). The van der Waals surface area contributed by atoms with Gasteiger partial charge in [-0.2, -0.15) is 0 Å². The van der Waals surface area contributed by atoms with Gasteiger partial charge >= 0.3 is 0 Å².